The van der Waals surface area contributed by atoms with E-state index in [1.165, 1.54) is 11.1 Å². The maximum Gasteiger partial charge on any atom is 0.326 e. The van der Waals surface area contributed by atoms with Crippen LogP contribution in [0.4, 0.5) is 0 Å². The molecular weight excluding hydrogens is 320 g/mol. The first-order valence-electron chi connectivity index (χ1n) is 8.71. The van der Waals surface area contributed by atoms with E-state index in [-0.39, 0.29) is 5.69 Å². The van der Waals surface area contributed by atoms with E-state index >= 15 is 0 Å². The van der Waals surface area contributed by atoms with E-state index < -0.39 is 0 Å². The van der Waals surface area contributed by atoms with Crippen molar-refractivity contribution in [3.8, 4) is 0 Å². The van der Waals surface area contributed by atoms with Gasteiger partial charge in [0.05, 0.1) is 17.6 Å². The molecule has 0 amide bonds. The topological polar surface area (TPSA) is 37.8 Å². The minimum absolute atomic E-state index is 0.0799. The molecule has 3 heteroatoms. The Balaban J connectivity index is 1.70. The van der Waals surface area contributed by atoms with Gasteiger partial charge in [-0.3, -0.25) is 4.57 Å². The first kappa shape index (κ1) is 16.2. The molecule has 3 aromatic carbocycles. The van der Waals surface area contributed by atoms with E-state index in [0.717, 1.165) is 22.2 Å². The number of nitrogens with zero attached hydrogens (tertiary/aromatic N) is 1. The van der Waals surface area contributed by atoms with Crippen LogP contribution in [0.25, 0.3) is 23.2 Å². The number of benzene rings is 3. The number of imidazole rings is 1. The zero-order chi connectivity index (χ0) is 17.9. The Labute approximate surface area is 152 Å². The van der Waals surface area contributed by atoms with Crippen LogP contribution < -0.4 is 5.69 Å². The molecule has 1 N–H and O–H groups in total. The number of para-hydroxylation sites is 2. The van der Waals surface area contributed by atoms with Crippen molar-refractivity contribution in [3.63, 3.8) is 0 Å². The summed E-state index contributed by atoms with van der Waals surface area (Å²) in [6, 6.07) is 24.4. The van der Waals surface area contributed by atoms with Crippen LogP contribution in [0.5, 0.6) is 0 Å². The number of aromatic amines is 1. The molecular formula is C23H20N2O. The van der Waals surface area contributed by atoms with Crippen LogP contribution in [-0.2, 0) is 6.54 Å². The predicted octanol–water partition coefficient (Wildman–Crippen LogP) is 4.86. The Morgan fingerprint density at radius 1 is 0.923 bits per heavy atom. The Morgan fingerprint density at radius 2 is 1.73 bits per heavy atom. The first-order valence-corrected chi connectivity index (χ1v) is 8.71. The molecule has 1 heterocycles. The number of fused-ring (bicyclic) bond motifs is 1. The van der Waals surface area contributed by atoms with Crippen LogP contribution in [0.15, 0.2) is 77.6 Å². The molecule has 26 heavy (non-hydrogen) atoms. The molecule has 0 radical (unpaired) electrons. The summed E-state index contributed by atoms with van der Waals surface area (Å²) in [5.41, 5.74) is 6.35. The third-order valence-corrected chi connectivity index (χ3v) is 4.56. The zero-order valence-electron chi connectivity index (χ0n) is 14.6. The number of rotatable bonds is 4. The molecule has 4 aromatic rings. The lowest BCUT2D eigenvalue weighted by molar-refractivity contribution is 0.786. The monoisotopic (exact) mass is 340 g/mol. The van der Waals surface area contributed by atoms with Crippen molar-refractivity contribution in [1.82, 2.24) is 9.55 Å². The van der Waals surface area contributed by atoms with Crippen molar-refractivity contribution in [1.29, 1.82) is 0 Å². The van der Waals surface area contributed by atoms with Gasteiger partial charge in [-0.15, -0.1) is 0 Å². The number of H-pyrrole nitrogens is 1. The summed E-state index contributed by atoms with van der Waals surface area (Å²) in [7, 11) is 0. The lowest BCUT2D eigenvalue weighted by Gasteiger charge is -2.08. The first-order chi connectivity index (χ1) is 12.7. The van der Waals surface area contributed by atoms with E-state index in [1.807, 2.05) is 36.4 Å². The summed E-state index contributed by atoms with van der Waals surface area (Å²) in [6.07, 6.45) is 4.23. The molecule has 0 aliphatic carbocycles. The van der Waals surface area contributed by atoms with Crippen LogP contribution in [0.2, 0.25) is 0 Å². The maximum absolute atomic E-state index is 12.4. The second kappa shape index (κ2) is 6.89. The minimum atomic E-state index is -0.0799. The Kier molecular flexibility index (Phi) is 4.28. The summed E-state index contributed by atoms with van der Waals surface area (Å²) < 4.78 is 1.79. The number of aryl methyl sites for hydroxylation is 1. The lowest BCUT2D eigenvalue weighted by atomic mass is 10.0. The Morgan fingerprint density at radius 3 is 2.62 bits per heavy atom. The molecule has 0 unspecified atom stereocenters. The third-order valence-electron chi connectivity index (χ3n) is 4.56. The van der Waals surface area contributed by atoms with Gasteiger partial charge in [-0.2, -0.15) is 0 Å². The Bertz CT molecular complexity index is 1150. The van der Waals surface area contributed by atoms with E-state index in [1.54, 1.807) is 4.57 Å². The summed E-state index contributed by atoms with van der Waals surface area (Å²) in [5.74, 6) is 0. The SMILES string of the molecule is Cc1cccc(/C=C/c2ccccc2Cn2c(=O)[nH]c3ccccc32)c1. The van der Waals surface area contributed by atoms with E-state index in [0.29, 0.717) is 6.54 Å². The van der Waals surface area contributed by atoms with Crippen molar-refractivity contribution in [2.45, 2.75) is 13.5 Å². The number of aromatic nitrogens is 2. The van der Waals surface area contributed by atoms with Gasteiger partial charge in [0, 0.05) is 0 Å². The second-order valence-electron chi connectivity index (χ2n) is 6.48. The van der Waals surface area contributed by atoms with Crippen LogP contribution >= 0.6 is 0 Å². The molecule has 0 atom stereocenters. The highest BCUT2D eigenvalue weighted by atomic mass is 16.1. The van der Waals surface area contributed by atoms with Gasteiger partial charge >= 0.3 is 5.69 Å². The van der Waals surface area contributed by atoms with Crippen molar-refractivity contribution < 1.29 is 0 Å². The second-order valence-corrected chi connectivity index (χ2v) is 6.48. The fourth-order valence-electron chi connectivity index (χ4n) is 3.23. The highest BCUT2D eigenvalue weighted by Crippen LogP contribution is 2.17. The third kappa shape index (κ3) is 3.24. The summed E-state index contributed by atoms with van der Waals surface area (Å²) in [6.45, 7) is 2.63. The largest absolute Gasteiger partial charge is 0.326 e. The van der Waals surface area contributed by atoms with Crippen molar-refractivity contribution in [2.24, 2.45) is 0 Å². The highest BCUT2D eigenvalue weighted by Gasteiger charge is 2.08. The molecule has 1 aromatic heterocycles. The minimum Gasteiger partial charge on any atom is -0.306 e. The van der Waals surface area contributed by atoms with Crippen molar-refractivity contribution in [2.75, 3.05) is 0 Å². The molecule has 0 aliphatic rings. The number of hydrogen-bond donors (Lipinski definition) is 1. The molecule has 0 aliphatic heterocycles. The molecule has 3 nitrogen and oxygen atoms in total. The molecule has 0 saturated carbocycles. The van der Waals surface area contributed by atoms with Crippen molar-refractivity contribution in [3.05, 3.63) is 106 Å². The van der Waals surface area contributed by atoms with Crippen LogP contribution in [0, 0.1) is 6.92 Å². The quantitative estimate of drug-likeness (QED) is 0.530. The van der Waals surface area contributed by atoms with Crippen LogP contribution in [0.3, 0.4) is 0 Å². The average Bonchev–Trinajstić information content (AvgIpc) is 2.97. The van der Waals surface area contributed by atoms with Gasteiger partial charge < -0.3 is 4.98 Å². The summed E-state index contributed by atoms with van der Waals surface area (Å²) in [5, 5.41) is 0. The van der Waals surface area contributed by atoms with Crippen LogP contribution in [0.1, 0.15) is 22.3 Å². The van der Waals surface area contributed by atoms with Crippen LogP contribution in [-0.4, -0.2) is 9.55 Å². The van der Waals surface area contributed by atoms with Gasteiger partial charge in [-0.05, 0) is 35.7 Å². The van der Waals surface area contributed by atoms with E-state index in [9.17, 15) is 4.79 Å². The van der Waals surface area contributed by atoms with Crippen molar-refractivity contribution >= 4 is 23.2 Å². The molecule has 0 bridgehead atoms. The van der Waals surface area contributed by atoms with Gasteiger partial charge in [0.25, 0.3) is 0 Å². The Hall–Kier alpha value is -3.33. The fourth-order valence-corrected chi connectivity index (χ4v) is 3.23. The molecule has 0 fully saturated rings. The van der Waals surface area contributed by atoms with Gasteiger partial charge in [-0.1, -0.05) is 78.4 Å². The number of nitrogens with one attached hydrogen (secondary N) is 1. The van der Waals surface area contributed by atoms with Gasteiger partial charge in [0.1, 0.15) is 0 Å². The molecule has 0 saturated heterocycles. The highest BCUT2D eigenvalue weighted by molar-refractivity contribution is 5.75. The standard InChI is InChI=1S/C23H20N2O/c1-17-7-6-8-18(15-17)13-14-19-9-2-3-10-20(19)16-25-22-12-5-4-11-21(22)24-23(25)26/h2-15H,16H2,1H3,(H,24,26)/b14-13+. The fraction of sp³-hybridized carbons (Fsp3) is 0.0870. The van der Waals surface area contributed by atoms with E-state index in [4.69, 9.17) is 0 Å². The zero-order valence-corrected chi connectivity index (χ0v) is 14.6. The summed E-state index contributed by atoms with van der Waals surface area (Å²) in [4.78, 5) is 15.3. The predicted molar refractivity (Wildman–Crippen MR) is 108 cm³/mol. The number of hydrogen-bond acceptors (Lipinski definition) is 1. The average molecular weight is 340 g/mol. The molecule has 4 rings (SSSR count). The molecule has 0 spiro atoms. The molecule has 128 valence electrons. The van der Waals surface area contributed by atoms with Gasteiger partial charge in [-0.25, -0.2) is 4.79 Å². The lowest BCUT2D eigenvalue weighted by Crippen LogP contribution is -2.17. The summed E-state index contributed by atoms with van der Waals surface area (Å²) >= 11 is 0. The van der Waals surface area contributed by atoms with Gasteiger partial charge in [0.2, 0.25) is 0 Å². The van der Waals surface area contributed by atoms with E-state index in [2.05, 4.69) is 60.5 Å². The maximum atomic E-state index is 12.4. The van der Waals surface area contributed by atoms with Gasteiger partial charge in [0.15, 0.2) is 0 Å². The normalized spacial score (nSPS) is 11.4. The smallest absolute Gasteiger partial charge is 0.306 e.